The fourth-order valence-electron chi connectivity index (χ4n) is 7.81. The van der Waals surface area contributed by atoms with Crippen LogP contribution in [0.3, 0.4) is 0 Å². The Morgan fingerprint density at radius 1 is 0.767 bits per heavy atom. The summed E-state index contributed by atoms with van der Waals surface area (Å²) >= 11 is -1.86. The van der Waals surface area contributed by atoms with Crippen molar-refractivity contribution in [3.05, 3.63) is 23.3 Å². The van der Waals surface area contributed by atoms with E-state index >= 15 is 0 Å². The third-order valence-electron chi connectivity index (χ3n) is 9.37. The molecule has 0 amide bonds. The normalized spacial score (nSPS) is 38.8. The van der Waals surface area contributed by atoms with E-state index in [1.807, 2.05) is 11.1 Å². The molecule has 6 unspecified atom stereocenters. The Balaban J connectivity index is 0.00000160. The Morgan fingerprint density at radius 3 is 1.50 bits per heavy atom. The second-order valence-corrected chi connectivity index (χ2v) is 18.1. The third kappa shape index (κ3) is 4.71. The number of allylic oxidation sites excluding steroid dienone is 4. The number of halogens is 2. The van der Waals surface area contributed by atoms with Crippen molar-refractivity contribution in [3.63, 3.8) is 0 Å². The predicted molar refractivity (Wildman–Crippen MR) is 121 cm³/mol. The van der Waals surface area contributed by atoms with Crippen LogP contribution in [0.2, 0.25) is 7.25 Å². The monoisotopic (exact) mass is 528 g/mol. The zero-order valence-corrected chi connectivity index (χ0v) is 24.2. The molecule has 170 valence electrons. The molecule has 0 radical (unpaired) electrons. The van der Waals surface area contributed by atoms with Crippen molar-refractivity contribution in [2.45, 2.75) is 100 Å². The van der Waals surface area contributed by atoms with E-state index in [4.69, 9.17) is 4.21 Å². The fraction of sp³-hybridized carbons (Fsp3) is 0.815. The molecule has 0 heterocycles. The molecule has 2 saturated carbocycles. The van der Waals surface area contributed by atoms with Gasteiger partial charge in [-0.2, -0.15) is 0 Å². The maximum atomic E-state index is 5.16. The van der Waals surface area contributed by atoms with E-state index in [1.165, 1.54) is 51.4 Å². The van der Waals surface area contributed by atoms with Gasteiger partial charge in [0, 0.05) is 0 Å². The van der Waals surface area contributed by atoms with Crippen molar-refractivity contribution in [1.82, 2.24) is 0 Å². The van der Waals surface area contributed by atoms with Gasteiger partial charge in [0.25, 0.3) is 0 Å². The molecule has 0 bridgehead atoms. The van der Waals surface area contributed by atoms with E-state index in [-0.39, 0.29) is 24.8 Å². The van der Waals surface area contributed by atoms with E-state index in [9.17, 15) is 0 Å². The number of hydrogen-bond acceptors (Lipinski definition) is 0. The largest absolute Gasteiger partial charge is 1.00 e. The quantitative estimate of drug-likeness (QED) is 0.481. The summed E-state index contributed by atoms with van der Waals surface area (Å²) in [6.07, 6.45) is 16.6. The summed E-state index contributed by atoms with van der Waals surface area (Å²) in [6, 6.07) is 0. The van der Waals surface area contributed by atoms with Gasteiger partial charge in [-0.3, -0.25) is 0 Å². The van der Waals surface area contributed by atoms with Crippen LogP contribution in [0.25, 0.3) is 0 Å². The maximum Gasteiger partial charge on any atom is -1.00 e. The molecule has 6 atom stereocenters. The molecule has 4 aliphatic carbocycles. The van der Waals surface area contributed by atoms with Gasteiger partial charge in [0.05, 0.1) is 0 Å². The molecule has 0 aromatic rings. The van der Waals surface area contributed by atoms with Crippen LogP contribution in [0.5, 0.6) is 0 Å². The van der Waals surface area contributed by atoms with Gasteiger partial charge in [0.15, 0.2) is 0 Å². The molecule has 4 aliphatic rings. The minimum Gasteiger partial charge on any atom is -1.00 e. The van der Waals surface area contributed by atoms with Crippen molar-refractivity contribution < 1.29 is 46.1 Å². The van der Waals surface area contributed by atoms with Crippen LogP contribution in [0.4, 0.5) is 0 Å². The summed E-state index contributed by atoms with van der Waals surface area (Å²) in [5, 5.41) is 0. The van der Waals surface area contributed by atoms with Crippen LogP contribution < -0.4 is 24.8 Å². The molecule has 4 rings (SSSR count). The number of rotatable bonds is 2. The van der Waals surface area contributed by atoms with Crippen LogP contribution in [-0.2, 0) is 21.3 Å². The standard InChI is InChI=1S/2C13H21.CH2.2ClH.Zr/c2*1-10-8-11-6-4-5-7-13(2,3)12(11)9-10;;;;/h2*6,8,10,12H,4-5,7,9H2,1-3H3;1H2;2*1H;/q;;;;;+2/p-2. The van der Waals surface area contributed by atoms with E-state index in [2.05, 4.69) is 53.7 Å². The summed E-state index contributed by atoms with van der Waals surface area (Å²) in [6.45, 7) is 15.4. The van der Waals surface area contributed by atoms with Crippen molar-refractivity contribution in [2.24, 2.45) is 34.5 Å². The number of hydrogen-bond donors (Lipinski definition) is 0. The fourth-order valence-corrected chi connectivity index (χ4v) is 16.7. The molecule has 0 nitrogen and oxygen atoms in total. The van der Waals surface area contributed by atoms with Crippen LogP contribution >= 0.6 is 0 Å². The molecule has 0 aromatic heterocycles. The van der Waals surface area contributed by atoms with Gasteiger partial charge in [-0.15, -0.1) is 0 Å². The molecular weight excluding hydrogens is 486 g/mol. The van der Waals surface area contributed by atoms with Crippen molar-refractivity contribution in [1.29, 1.82) is 0 Å². The SMILES string of the molecule is [CH2]=[Zr+2]([CH]1C2=CCCCC(C)(C)C2CC1C)[CH]1C2=CCCCC(C)(C)C2CC1C.[Cl-].[Cl-]. The first kappa shape index (κ1) is 27.1. The topological polar surface area (TPSA) is 0 Å². The second-order valence-electron chi connectivity index (χ2n) is 12.2. The molecule has 0 spiro atoms. The molecule has 0 saturated heterocycles. The first-order chi connectivity index (χ1) is 13.1. The minimum absolute atomic E-state index is 0. The van der Waals surface area contributed by atoms with Gasteiger partial charge in [-0.25, -0.2) is 0 Å². The van der Waals surface area contributed by atoms with Gasteiger partial charge >= 0.3 is 183 Å². The maximum absolute atomic E-state index is 5.16. The van der Waals surface area contributed by atoms with Crippen molar-refractivity contribution in [3.8, 4) is 0 Å². The van der Waals surface area contributed by atoms with Gasteiger partial charge in [0.1, 0.15) is 0 Å². The van der Waals surface area contributed by atoms with E-state index in [0.717, 1.165) is 30.9 Å². The average molecular weight is 531 g/mol. The molecule has 2 fully saturated rings. The summed E-state index contributed by atoms with van der Waals surface area (Å²) < 4.78 is 6.97. The first-order valence-electron chi connectivity index (χ1n) is 12.2. The number of fused-ring (bicyclic) bond motifs is 2. The molecule has 3 heteroatoms. The minimum atomic E-state index is -1.86. The summed E-state index contributed by atoms with van der Waals surface area (Å²) in [5.41, 5.74) is 4.82. The van der Waals surface area contributed by atoms with Gasteiger partial charge in [0.2, 0.25) is 0 Å². The van der Waals surface area contributed by atoms with Gasteiger partial charge in [-0.05, 0) is 0 Å². The van der Waals surface area contributed by atoms with Crippen LogP contribution in [0.15, 0.2) is 23.3 Å². The van der Waals surface area contributed by atoms with Gasteiger partial charge < -0.3 is 24.8 Å². The molecule has 0 aromatic carbocycles. The van der Waals surface area contributed by atoms with E-state index < -0.39 is 21.3 Å². The Labute approximate surface area is 207 Å². The molecule has 30 heavy (non-hydrogen) atoms. The third-order valence-corrected chi connectivity index (χ3v) is 17.7. The van der Waals surface area contributed by atoms with E-state index in [0.29, 0.717) is 10.8 Å². The Hall–Kier alpha value is 0.813. The summed E-state index contributed by atoms with van der Waals surface area (Å²) in [4.78, 5) is 0. The Bertz CT molecular complexity index is 644. The predicted octanol–water partition coefficient (Wildman–Crippen LogP) is 2.21. The first-order valence-corrected chi connectivity index (χ1v) is 16.8. The smallest absolute Gasteiger partial charge is 1.00 e. The van der Waals surface area contributed by atoms with Crippen molar-refractivity contribution >= 4 is 4.21 Å². The molecular formula is C27H44Cl2Zr. The average Bonchev–Trinajstić information content (AvgIpc) is 3.03. The second kappa shape index (κ2) is 9.97. The summed E-state index contributed by atoms with van der Waals surface area (Å²) in [7, 11) is 0. The zero-order valence-electron chi connectivity index (χ0n) is 20.2. The van der Waals surface area contributed by atoms with Crippen LogP contribution in [0, 0.1) is 34.5 Å². The van der Waals surface area contributed by atoms with Gasteiger partial charge in [-0.1, -0.05) is 0 Å². The molecule has 0 N–H and O–H groups in total. The zero-order chi connectivity index (χ0) is 20.3. The summed E-state index contributed by atoms with van der Waals surface area (Å²) in [5.74, 6) is 3.45. The van der Waals surface area contributed by atoms with Crippen molar-refractivity contribution in [2.75, 3.05) is 0 Å². The van der Waals surface area contributed by atoms with Crippen LogP contribution in [0.1, 0.15) is 92.9 Å². The van der Waals surface area contributed by atoms with Crippen LogP contribution in [-0.4, -0.2) is 4.21 Å². The van der Waals surface area contributed by atoms with E-state index in [1.54, 1.807) is 0 Å². The Morgan fingerprint density at radius 2 is 1.13 bits per heavy atom. The Kier molecular flexibility index (Phi) is 9.00. The molecule has 0 aliphatic heterocycles.